The van der Waals surface area contributed by atoms with E-state index in [0.29, 0.717) is 12.0 Å². The molecule has 0 spiro atoms. The second-order valence-corrected chi connectivity index (χ2v) is 4.99. The highest BCUT2D eigenvalue weighted by molar-refractivity contribution is 5.14. The Hall–Kier alpha value is -0.830. The summed E-state index contributed by atoms with van der Waals surface area (Å²) in [7, 11) is 0. The van der Waals surface area contributed by atoms with Crippen LogP contribution in [0.2, 0.25) is 0 Å². The lowest BCUT2D eigenvalue weighted by molar-refractivity contribution is 0.486. The molecule has 3 heteroatoms. The van der Waals surface area contributed by atoms with Crippen molar-refractivity contribution in [2.75, 3.05) is 0 Å². The van der Waals surface area contributed by atoms with Gasteiger partial charge in [-0.1, -0.05) is 13.8 Å². The minimum Gasteiger partial charge on any atom is -0.323 e. The molecule has 1 aromatic rings. The Morgan fingerprint density at radius 2 is 1.87 bits per heavy atom. The molecule has 0 aliphatic rings. The lowest BCUT2D eigenvalue weighted by Gasteiger charge is -2.12. The Bertz CT molecular complexity index is 285. The van der Waals surface area contributed by atoms with E-state index in [0.717, 1.165) is 17.8 Å². The van der Waals surface area contributed by atoms with Gasteiger partial charge >= 0.3 is 0 Å². The monoisotopic (exact) mass is 209 g/mol. The van der Waals surface area contributed by atoms with Gasteiger partial charge in [0.1, 0.15) is 0 Å². The molecule has 0 fully saturated rings. The molecule has 1 aromatic heterocycles. The molecule has 0 saturated carbocycles. The lowest BCUT2D eigenvalue weighted by Crippen LogP contribution is -2.14. The Labute approximate surface area is 92.7 Å². The number of nitrogens with zero attached hydrogens (tertiary/aromatic N) is 2. The first-order valence-electron chi connectivity index (χ1n) is 5.75. The maximum Gasteiger partial charge on any atom is 0.0630 e. The quantitative estimate of drug-likeness (QED) is 0.828. The molecule has 1 heterocycles. The van der Waals surface area contributed by atoms with Crippen LogP contribution in [0.25, 0.3) is 0 Å². The number of hydrogen-bond acceptors (Lipinski definition) is 2. The van der Waals surface area contributed by atoms with Gasteiger partial charge in [-0.15, -0.1) is 0 Å². The third-order valence-electron chi connectivity index (χ3n) is 2.39. The van der Waals surface area contributed by atoms with E-state index in [2.05, 4.69) is 38.9 Å². The van der Waals surface area contributed by atoms with E-state index < -0.39 is 0 Å². The van der Waals surface area contributed by atoms with Gasteiger partial charge in [0.2, 0.25) is 0 Å². The topological polar surface area (TPSA) is 43.8 Å². The molecular formula is C12H23N3. The maximum absolute atomic E-state index is 5.94. The highest BCUT2D eigenvalue weighted by atomic mass is 15.3. The first kappa shape index (κ1) is 12.2. The van der Waals surface area contributed by atoms with Gasteiger partial charge in [0, 0.05) is 12.1 Å². The van der Waals surface area contributed by atoms with Crippen molar-refractivity contribution in [3.8, 4) is 0 Å². The molecular weight excluding hydrogens is 186 g/mol. The van der Waals surface area contributed by atoms with Gasteiger partial charge in [-0.05, 0) is 39.2 Å². The fraction of sp³-hybridized carbons (Fsp3) is 0.750. The molecule has 0 amide bonds. The predicted molar refractivity (Wildman–Crippen MR) is 63.8 cm³/mol. The van der Waals surface area contributed by atoms with Crippen LogP contribution in [-0.4, -0.2) is 9.78 Å². The van der Waals surface area contributed by atoms with Gasteiger partial charge in [0.15, 0.2) is 0 Å². The van der Waals surface area contributed by atoms with Crippen LogP contribution in [0.5, 0.6) is 0 Å². The van der Waals surface area contributed by atoms with E-state index in [1.165, 1.54) is 0 Å². The highest BCUT2D eigenvalue weighted by Gasteiger charge is 2.13. The Morgan fingerprint density at radius 3 is 2.20 bits per heavy atom. The van der Waals surface area contributed by atoms with E-state index >= 15 is 0 Å². The average molecular weight is 209 g/mol. The van der Waals surface area contributed by atoms with E-state index in [1.807, 2.05) is 11.6 Å². The number of nitrogens with two attached hydrogens (primary N) is 1. The fourth-order valence-electron chi connectivity index (χ4n) is 1.73. The number of hydrogen-bond donors (Lipinski definition) is 1. The second kappa shape index (κ2) is 4.79. The summed E-state index contributed by atoms with van der Waals surface area (Å²) in [6.45, 7) is 10.7. The Kier molecular flexibility index (Phi) is 3.91. The van der Waals surface area contributed by atoms with Crippen LogP contribution in [0, 0.1) is 5.92 Å². The van der Waals surface area contributed by atoms with E-state index in [1.54, 1.807) is 0 Å². The first-order valence-corrected chi connectivity index (χ1v) is 5.75. The van der Waals surface area contributed by atoms with Crippen LogP contribution in [0.1, 0.15) is 58.1 Å². The van der Waals surface area contributed by atoms with Crippen molar-refractivity contribution in [3.63, 3.8) is 0 Å². The van der Waals surface area contributed by atoms with Gasteiger partial charge in [-0.3, -0.25) is 4.68 Å². The Morgan fingerprint density at radius 1 is 1.27 bits per heavy atom. The smallest absolute Gasteiger partial charge is 0.0630 e. The molecule has 0 bridgehead atoms. The summed E-state index contributed by atoms with van der Waals surface area (Å²) < 4.78 is 2.04. The van der Waals surface area contributed by atoms with Gasteiger partial charge in [-0.25, -0.2) is 0 Å². The third kappa shape index (κ3) is 3.06. The molecule has 1 rings (SSSR count). The molecule has 0 saturated heterocycles. The zero-order valence-electron chi connectivity index (χ0n) is 10.5. The van der Waals surface area contributed by atoms with Crippen LogP contribution in [-0.2, 0) is 6.42 Å². The highest BCUT2D eigenvalue weighted by Crippen LogP contribution is 2.18. The van der Waals surface area contributed by atoms with Gasteiger partial charge in [0.05, 0.1) is 11.4 Å². The van der Waals surface area contributed by atoms with Crippen molar-refractivity contribution >= 4 is 0 Å². The molecule has 0 aliphatic carbocycles. The predicted octanol–water partition coefficient (Wildman–Crippen LogP) is 2.68. The zero-order chi connectivity index (χ0) is 11.6. The molecule has 0 radical (unpaired) electrons. The zero-order valence-corrected chi connectivity index (χ0v) is 10.5. The largest absolute Gasteiger partial charge is 0.323 e. The normalized spacial score (nSPS) is 13.9. The van der Waals surface area contributed by atoms with Crippen LogP contribution in [0.4, 0.5) is 0 Å². The van der Waals surface area contributed by atoms with E-state index in [-0.39, 0.29) is 6.04 Å². The average Bonchev–Trinajstić information content (AvgIpc) is 2.46. The third-order valence-corrected chi connectivity index (χ3v) is 2.39. The van der Waals surface area contributed by atoms with Crippen molar-refractivity contribution in [3.05, 3.63) is 17.5 Å². The summed E-state index contributed by atoms with van der Waals surface area (Å²) in [6, 6.07) is 2.58. The van der Waals surface area contributed by atoms with Crippen molar-refractivity contribution in [2.45, 2.75) is 53.1 Å². The first-order chi connectivity index (χ1) is 6.91. The SMILES string of the molecule is CC(C)Cc1cc([C@H](C)N)n(C(C)C)n1. The Balaban J connectivity index is 2.98. The van der Waals surface area contributed by atoms with Crippen molar-refractivity contribution in [1.82, 2.24) is 9.78 Å². The van der Waals surface area contributed by atoms with E-state index in [9.17, 15) is 0 Å². The van der Waals surface area contributed by atoms with Crippen molar-refractivity contribution in [2.24, 2.45) is 11.7 Å². The summed E-state index contributed by atoms with van der Waals surface area (Å²) >= 11 is 0. The molecule has 0 aliphatic heterocycles. The molecule has 1 atom stereocenters. The van der Waals surface area contributed by atoms with Crippen LogP contribution < -0.4 is 5.73 Å². The summed E-state index contributed by atoms with van der Waals surface area (Å²) in [5.41, 5.74) is 8.23. The van der Waals surface area contributed by atoms with Crippen LogP contribution >= 0.6 is 0 Å². The van der Waals surface area contributed by atoms with Crippen LogP contribution in [0.15, 0.2) is 6.07 Å². The number of aromatic nitrogens is 2. The molecule has 0 unspecified atom stereocenters. The maximum atomic E-state index is 5.94. The fourth-order valence-corrected chi connectivity index (χ4v) is 1.73. The minimum absolute atomic E-state index is 0.0563. The molecule has 2 N–H and O–H groups in total. The summed E-state index contributed by atoms with van der Waals surface area (Å²) in [4.78, 5) is 0. The molecule has 3 nitrogen and oxygen atoms in total. The van der Waals surface area contributed by atoms with Crippen molar-refractivity contribution in [1.29, 1.82) is 0 Å². The summed E-state index contributed by atoms with van der Waals surface area (Å²) in [6.07, 6.45) is 1.03. The van der Waals surface area contributed by atoms with Gasteiger partial charge < -0.3 is 5.73 Å². The molecule has 86 valence electrons. The molecule has 15 heavy (non-hydrogen) atoms. The summed E-state index contributed by atoms with van der Waals surface area (Å²) in [5.74, 6) is 0.640. The minimum atomic E-state index is 0.0563. The number of rotatable bonds is 4. The van der Waals surface area contributed by atoms with Crippen molar-refractivity contribution < 1.29 is 0 Å². The molecule has 0 aromatic carbocycles. The lowest BCUT2D eigenvalue weighted by atomic mass is 10.1. The van der Waals surface area contributed by atoms with Gasteiger partial charge in [0.25, 0.3) is 0 Å². The second-order valence-electron chi connectivity index (χ2n) is 4.99. The van der Waals surface area contributed by atoms with Gasteiger partial charge in [-0.2, -0.15) is 5.10 Å². The summed E-state index contributed by atoms with van der Waals surface area (Å²) in [5, 5.41) is 4.61. The van der Waals surface area contributed by atoms with Crippen LogP contribution in [0.3, 0.4) is 0 Å². The van der Waals surface area contributed by atoms with E-state index in [4.69, 9.17) is 5.73 Å². The standard InChI is InChI=1S/C12H23N3/c1-8(2)6-11-7-12(10(5)13)15(14-11)9(3)4/h7-10H,6,13H2,1-5H3/t10-/m0/s1.